The number of likely N-dealkylation sites (tertiary alicyclic amines) is 1. The highest BCUT2D eigenvalue weighted by Crippen LogP contribution is 2.20. The number of ether oxygens (including phenoxy) is 3. The van der Waals surface area contributed by atoms with E-state index in [2.05, 4.69) is 5.32 Å². The highest BCUT2D eigenvalue weighted by atomic mass is 16.7. The van der Waals surface area contributed by atoms with Gasteiger partial charge in [0, 0.05) is 33.4 Å². The number of carbonyl (C=O) groups is 1. The Morgan fingerprint density at radius 2 is 1.95 bits per heavy atom. The van der Waals surface area contributed by atoms with Gasteiger partial charge in [-0.2, -0.15) is 0 Å². The molecular formula is C15H30N2O4. The van der Waals surface area contributed by atoms with Crippen molar-refractivity contribution in [2.75, 3.05) is 27.3 Å². The zero-order valence-electron chi connectivity index (χ0n) is 14.1. The number of hydrogen-bond acceptors (Lipinski definition) is 5. The Hall–Kier alpha value is -0.850. The van der Waals surface area contributed by atoms with E-state index in [0.29, 0.717) is 6.54 Å². The quantitative estimate of drug-likeness (QED) is 0.760. The topological polar surface area (TPSA) is 60.0 Å². The van der Waals surface area contributed by atoms with Gasteiger partial charge in [-0.05, 0) is 40.5 Å². The molecule has 21 heavy (non-hydrogen) atoms. The fraction of sp³-hybridized carbons (Fsp3) is 0.933. The molecule has 2 unspecified atom stereocenters. The van der Waals surface area contributed by atoms with Crippen molar-refractivity contribution in [3.63, 3.8) is 0 Å². The first kappa shape index (κ1) is 18.2. The van der Waals surface area contributed by atoms with Gasteiger partial charge in [-0.3, -0.25) is 0 Å². The zero-order valence-corrected chi connectivity index (χ0v) is 14.1. The molecule has 0 radical (unpaired) electrons. The predicted octanol–water partition coefficient (Wildman–Crippen LogP) is 1.98. The summed E-state index contributed by atoms with van der Waals surface area (Å²) in [6.07, 6.45) is 1.48. The summed E-state index contributed by atoms with van der Waals surface area (Å²) < 4.78 is 15.9. The lowest BCUT2D eigenvalue weighted by atomic mass is 10.2. The fourth-order valence-electron chi connectivity index (χ4n) is 2.53. The highest BCUT2D eigenvalue weighted by Gasteiger charge is 2.32. The van der Waals surface area contributed by atoms with Crippen LogP contribution in [-0.4, -0.2) is 62.3 Å². The summed E-state index contributed by atoms with van der Waals surface area (Å²) in [4.78, 5) is 14.0. The first-order chi connectivity index (χ1) is 9.78. The molecule has 1 N–H and O–H groups in total. The highest BCUT2D eigenvalue weighted by molar-refractivity contribution is 5.69. The largest absolute Gasteiger partial charge is 0.444 e. The smallest absolute Gasteiger partial charge is 0.410 e. The average Bonchev–Trinajstić information content (AvgIpc) is 2.84. The van der Waals surface area contributed by atoms with E-state index < -0.39 is 5.60 Å². The molecule has 1 rings (SSSR count). The summed E-state index contributed by atoms with van der Waals surface area (Å²) in [5.74, 6) is 0. The number of hydrogen-bond donors (Lipinski definition) is 1. The molecule has 124 valence electrons. The van der Waals surface area contributed by atoms with Gasteiger partial charge in [0.2, 0.25) is 0 Å². The Morgan fingerprint density at radius 3 is 2.48 bits per heavy atom. The molecule has 6 heteroatoms. The minimum absolute atomic E-state index is 0.0566. The molecule has 2 atom stereocenters. The van der Waals surface area contributed by atoms with E-state index in [1.54, 1.807) is 14.2 Å². The van der Waals surface area contributed by atoms with Crippen molar-refractivity contribution in [3.8, 4) is 0 Å². The monoisotopic (exact) mass is 302 g/mol. The van der Waals surface area contributed by atoms with E-state index in [9.17, 15) is 4.79 Å². The summed E-state index contributed by atoms with van der Waals surface area (Å²) in [7, 11) is 3.24. The number of carbonyl (C=O) groups excluding carboxylic acids is 1. The second kappa shape index (κ2) is 7.96. The Bertz CT molecular complexity index is 326. The third-order valence-electron chi connectivity index (χ3n) is 3.55. The summed E-state index contributed by atoms with van der Waals surface area (Å²) in [6, 6.07) is 0.220. The van der Waals surface area contributed by atoms with Crippen LogP contribution >= 0.6 is 0 Å². The van der Waals surface area contributed by atoms with Gasteiger partial charge in [0.05, 0.1) is 6.04 Å². The van der Waals surface area contributed by atoms with E-state index in [1.165, 1.54) is 0 Å². The molecule has 1 aliphatic heterocycles. The summed E-state index contributed by atoms with van der Waals surface area (Å²) in [5, 5.41) is 3.37. The minimum Gasteiger partial charge on any atom is -0.444 e. The maximum Gasteiger partial charge on any atom is 0.410 e. The number of amides is 1. The Morgan fingerprint density at radius 1 is 1.33 bits per heavy atom. The first-order valence-electron chi connectivity index (χ1n) is 7.57. The van der Waals surface area contributed by atoms with Crippen molar-refractivity contribution in [1.29, 1.82) is 0 Å². The van der Waals surface area contributed by atoms with E-state index in [4.69, 9.17) is 14.2 Å². The van der Waals surface area contributed by atoms with Gasteiger partial charge >= 0.3 is 6.09 Å². The summed E-state index contributed by atoms with van der Waals surface area (Å²) in [5.41, 5.74) is -0.456. The molecule has 0 aromatic rings. The fourth-order valence-corrected chi connectivity index (χ4v) is 2.53. The summed E-state index contributed by atoms with van der Waals surface area (Å²) >= 11 is 0. The van der Waals surface area contributed by atoms with Crippen LogP contribution in [0.3, 0.4) is 0 Å². The third kappa shape index (κ3) is 5.80. The third-order valence-corrected chi connectivity index (χ3v) is 3.55. The number of methoxy groups -OCH3 is 2. The van der Waals surface area contributed by atoms with Crippen molar-refractivity contribution in [2.24, 2.45) is 0 Å². The van der Waals surface area contributed by atoms with Gasteiger partial charge in [0.15, 0.2) is 6.29 Å². The SMILES string of the molecule is COC(OC)C(C)NCC1CCCN1C(=O)OC(C)(C)C. The van der Waals surface area contributed by atoms with Crippen LogP contribution in [0, 0.1) is 0 Å². The molecule has 1 aliphatic rings. The van der Waals surface area contributed by atoms with E-state index in [-0.39, 0.29) is 24.5 Å². The molecule has 0 aliphatic carbocycles. The molecule has 1 heterocycles. The van der Waals surface area contributed by atoms with Crippen LogP contribution < -0.4 is 5.32 Å². The van der Waals surface area contributed by atoms with Crippen LogP contribution in [0.1, 0.15) is 40.5 Å². The Kier molecular flexibility index (Phi) is 6.90. The van der Waals surface area contributed by atoms with Gasteiger partial charge in [-0.25, -0.2) is 4.79 Å². The second-order valence-corrected chi connectivity index (χ2v) is 6.51. The number of nitrogens with zero attached hydrogens (tertiary/aromatic N) is 1. The predicted molar refractivity (Wildman–Crippen MR) is 81.2 cm³/mol. The maximum atomic E-state index is 12.2. The van der Waals surface area contributed by atoms with E-state index in [1.807, 2.05) is 32.6 Å². The molecule has 0 bridgehead atoms. The summed E-state index contributed by atoms with van der Waals surface area (Å²) in [6.45, 7) is 9.13. The first-order valence-corrected chi connectivity index (χ1v) is 7.57. The van der Waals surface area contributed by atoms with Crippen molar-refractivity contribution in [2.45, 2.75) is 64.5 Å². The number of rotatable bonds is 6. The van der Waals surface area contributed by atoms with Crippen molar-refractivity contribution in [1.82, 2.24) is 10.2 Å². The van der Waals surface area contributed by atoms with Crippen molar-refractivity contribution < 1.29 is 19.0 Å². The lowest BCUT2D eigenvalue weighted by Crippen LogP contribution is -2.48. The van der Waals surface area contributed by atoms with E-state index >= 15 is 0 Å². The molecule has 1 fully saturated rings. The van der Waals surface area contributed by atoms with Gasteiger partial charge < -0.3 is 24.4 Å². The van der Waals surface area contributed by atoms with Gasteiger partial charge in [-0.15, -0.1) is 0 Å². The van der Waals surface area contributed by atoms with Crippen LogP contribution in [0.4, 0.5) is 4.79 Å². The Balaban J connectivity index is 2.48. The van der Waals surface area contributed by atoms with Crippen LogP contribution in [-0.2, 0) is 14.2 Å². The molecule has 1 saturated heterocycles. The molecule has 0 saturated carbocycles. The van der Waals surface area contributed by atoms with E-state index in [0.717, 1.165) is 19.4 Å². The maximum absolute atomic E-state index is 12.2. The molecule has 1 amide bonds. The number of nitrogens with one attached hydrogen (secondary N) is 1. The van der Waals surface area contributed by atoms with Gasteiger partial charge in [-0.1, -0.05) is 0 Å². The normalized spacial score (nSPS) is 20.9. The van der Waals surface area contributed by atoms with Crippen LogP contribution in [0.2, 0.25) is 0 Å². The standard InChI is InChI=1S/C15H30N2O4/c1-11(13(19-5)20-6)16-10-12-8-7-9-17(12)14(18)21-15(2,3)4/h11-13,16H,7-10H2,1-6H3. The van der Waals surface area contributed by atoms with Gasteiger partial charge in [0.25, 0.3) is 0 Å². The molecule has 0 aromatic heterocycles. The van der Waals surface area contributed by atoms with Crippen LogP contribution in [0.5, 0.6) is 0 Å². The van der Waals surface area contributed by atoms with Crippen LogP contribution in [0.25, 0.3) is 0 Å². The van der Waals surface area contributed by atoms with Crippen molar-refractivity contribution in [3.05, 3.63) is 0 Å². The van der Waals surface area contributed by atoms with Crippen molar-refractivity contribution >= 4 is 6.09 Å². The van der Waals surface area contributed by atoms with Gasteiger partial charge in [0.1, 0.15) is 5.60 Å². The lowest BCUT2D eigenvalue weighted by Gasteiger charge is -2.30. The molecule has 0 aromatic carbocycles. The average molecular weight is 302 g/mol. The Labute approximate surface area is 128 Å². The molecule has 0 spiro atoms. The lowest BCUT2D eigenvalue weighted by molar-refractivity contribution is -0.119. The van der Waals surface area contributed by atoms with Crippen LogP contribution in [0.15, 0.2) is 0 Å². The second-order valence-electron chi connectivity index (χ2n) is 6.51. The zero-order chi connectivity index (χ0) is 16.0. The molecular weight excluding hydrogens is 272 g/mol. The minimum atomic E-state index is -0.456. The molecule has 6 nitrogen and oxygen atoms in total.